The Bertz CT molecular complexity index is 608. The Labute approximate surface area is 124 Å². The Morgan fingerprint density at radius 2 is 2.25 bits per heavy atom. The smallest absolute Gasteiger partial charge is 0.147 e. The second-order valence-corrected chi connectivity index (χ2v) is 5.99. The van der Waals surface area contributed by atoms with Crippen molar-refractivity contribution in [1.29, 1.82) is 0 Å². The quantitative estimate of drug-likeness (QED) is 0.756. The minimum atomic E-state index is 0.605. The molecular weight excluding hydrogens is 272 g/mol. The highest BCUT2D eigenvalue weighted by Crippen LogP contribution is 2.40. The fourth-order valence-electron chi connectivity index (χ4n) is 2.81. The normalized spacial score (nSPS) is 21.4. The number of para-hydroxylation sites is 1. The first-order chi connectivity index (χ1) is 9.74. The summed E-state index contributed by atoms with van der Waals surface area (Å²) < 4.78 is 8.04. The summed E-state index contributed by atoms with van der Waals surface area (Å²) >= 11 is 5.93. The van der Waals surface area contributed by atoms with Gasteiger partial charge in [0.2, 0.25) is 0 Å². The summed E-state index contributed by atoms with van der Waals surface area (Å²) in [5.41, 5.74) is 2.15. The summed E-state index contributed by atoms with van der Waals surface area (Å²) in [5, 5.41) is 0. The third-order valence-corrected chi connectivity index (χ3v) is 4.32. The third-order valence-electron chi connectivity index (χ3n) is 4.13. The summed E-state index contributed by atoms with van der Waals surface area (Å²) in [6.07, 6.45) is 2.13. The van der Waals surface area contributed by atoms with E-state index in [4.69, 9.17) is 21.3 Å². The average Bonchev–Trinajstić information content (AvgIpc) is 3.01. The van der Waals surface area contributed by atoms with Gasteiger partial charge < -0.3 is 9.30 Å². The van der Waals surface area contributed by atoms with E-state index in [-0.39, 0.29) is 0 Å². The highest BCUT2D eigenvalue weighted by molar-refractivity contribution is 6.17. The fraction of sp³-hybridized carbons (Fsp3) is 0.562. The van der Waals surface area contributed by atoms with Gasteiger partial charge >= 0.3 is 0 Å². The van der Waals surface area contributed by atoms with Crippen molar-refractivity contribution in [2.75, 3.05) is 12.5 Å². The lowest BCUT2D eigenvalue weighted by Crippen LogP contribution is -2.06. The molecule has 1 aliphatic rings. The lowest BCUT2D eigenvalue weighted by atomic mass is 10.2. The fourth-order valence-corrected chi connectivity index (χ4v) is 2.98. The zero-order chi connectivity index (χ0) is 14.1. The minimum Gasteiger partial charge on any atom is -0.492 e. The molecule has 1 aromatic heterocycles. The van der Waals surface area contributed by atoms with Crippen LogP contribution in [-0.4, -0.2) is 22.0 Å². The Hall–Kier alpha value is -1.22. The number of aromatic nitrogens is 2. The van der Waals surface area contributed by atoms with Crippen LogP contribution in [0.2, 0.25) is 0 Å². The van der Waals surface area contributed by atoms with Crippen molar-refractivity contribution < 1.29 is 4.74 Å². The molecule has 0 radical (unpaired) electrons. The summed E-state index contributed by atoms with van der Waals surface area (Å²) in [4.78, 5) is 4.78. The molecule has 1 saturated carbocycles. The second kappa shape index (κ2) is 5.65. The number of halogens is 1. The lowest BCUT2D eigenvalue weighted by molar-refractivity contribution is 0.343. The highest BCUT2D eigenvalue weighted by Gasteiger charge is 2.33. The van der Waals surface area contributed by atoms with Crippen molar-refractivity contribution in [3.8, 4) is 5.75 Å². The first-order valence-electron chi connectivity index (χ1n) is 7.41. The minimum absolute atomic E-state index is 0.605. The van der Waals surface area contributed by atoms with Crippen LogP contribution < -0.4 is 4.74 Å². The first-order valence-corrected chi connectivity index (χ1v) is 7.95. The number of nitrogens with zero attached hydrogens (tertiary/aromatic N) is 2. The van der Waals surface area contributed by atoms with Crippen molar-refractivity contribution in [2.24, 2.45) is 11.8 Å². The molecule has 3 rings (SSSR count). The van der Waals surface area contributed by atoms with Crippen molar-refractivity contribution in [2.45, 2.75) is 33.2 Å². The van der Waals surface area contributed by atoms with Crippen molar-refractivity contribution in [3.05, 3.63) is 24.0 Å². The maximum Gasteiger partial charge on any atom is 0.147 e. The molecule has 2 atom stereocenters. The number of hydrogen-bond donors (Lipinski definition) is 0. The molecule has 0 saturated heterocycles. The second-order valence-electron chi connectivity index (χ2n) is 5.61. The van der Waals surface area contributed by atoms with Crippen LogP contribution in [-0.2, 0) is 13.0 Å². The molecule has 108 valence electrons. The van der Waals surface area contributed by atoms with Crippen LogP contribution in [0, 0.1) is 11.8 Å². The average molecular weight is 293 g/mol. The van der Waals surface area contributed by atoms with E-state index in [1.807, 2.05) is 19.1 Å². The monoisotopic (exact) mass is 292 g/mol. The van der Waals surface area contributed by atoms with Gasteiger partial charge in [-0.3, -0.25) is 0 Å². The summed E-state index contributed by atoms with van der Waals surface area (Å²) in [6, 6.07) is 6.18. The molecule has 1 heterocycles. The largest absolute Gasteiger partial charge is 0.492 e. The molecule has 4 heteroatoms. The van der Waals surface area contributed by atoms with Crippen LogP contribution in [0.25, 0.3) is 11.0 Å². The molecule has 0 bridgehead atoms. The highest BCUT2D eigenvalue weighted by atomic mass is 35.5. The first kappa shape index (κ1) is 13.7. The van der Waals surface area contributed by atoms with E-state index in [0.29, 0.717) is 12.5 Å². The molecule has 20 heavy (non-hydrogen) atoms. The van der Waals surface area contributed by atoms with Gasteiger partial charge in [-0.15, -0.1) is 11.6 Å². The van der Waals surface area contributed by atoms with Gasteiger partial charge in [-0.2, -0.15) is 0 Å². The Kier molecular flexibility index (Phi) is 3.88. The zero-order valence-corrected chi connectivity index (χ0v) is 12.9. The van der Waals surface area contributed by atoms with Crippen molar-refractivity contribution >= 4 is 22.6 Å². The summed E-state index contributed by atoms with van der Waals surface area (Å²) in [7, 11) is 0. The van der Waals surface area contributed by atoms with Gasteiger partial charge in [0.1, 0.15) is 17.1 Å². The number of ether oxygens (including phenoxy) is 1. The lowest BCUT2D eigenvalue weighted by Gasteiger charge is -2.08. The molecule has 0 aliphatic heterocycles. The van der Waals surface area contributed by atoms with E-state index in [9.17, 15) is 0 Å². The number of fused-ring (bicyclic) bond motifs is 1. The molecular formula is C16H21ClN2O. The zero-order valence-electron chi connectivity index (χ0n) is 12.1. The van der Waals surface area contributed by atoms with Gasteiger partial charge in [0.05, 0.1) is 12.1 Å². The molecule has 0 amide bonds. The van der Waals surface area contributed by atoms with Gasteiger partial charge in [0.25, 0.3) is 0 Å². The number of alkyl halides is 1. The molecule has 1 aliphatic carbocycles. The topological polar surface area (TPSA) is 27.1 Å². The molecule has 1 fully saturated rings. The van der Waals surface area contributed by atoms with Crippen molar-refractivity contribution in [3.63, 3.8) is 0 Å². The number of imidazole rings is 1. The van der Waals surface area contributed by atoms with Crippen LogP contribution in [0.4, 0.5) is 0 Å². The van der Waals surface area contributed by atoms with Crippen LogP contribution in [0.1, 0.15) is 26.1 Å². The van der Waals surface area contributed by atoms with Crippen LogP contribution >= 0.6 is 11.6 Å². The number of hydrogen-bond acceptors (Lipinski definition) is 2. The van der Waals surface area contributed by atoms with Gasteiger partial charge in [-0.05, 0) is 37.3 Å². The van der Waals surface area contributed by atoms with E-state index in [0.717, 1.165) is 41.9 Å². The number of aryl methyl sites for hydroxylation is 1. The molecule has 0 N–H and O–H groups in total. The predicted octanol–water partition coefficient (Wildman–Crippen LogP) is 3.87. The Morgan fingerprint density at radius 1 is 1.45 bits per heavy atom. The van der Waals surface area contributed by atoms with E-state index in [2.05, 4.69) is 17.6 Å². The Morgan fingerprint density at radius 3 is 2.90 bits per heavy atom. The van der Waals surface area contributed by atoms with E-state index >= 15 is 0 Å². The maximum absolute atomic E-state index is 5.93. The predicted molar refractivity (Wildman–Crippen MR) is 82.6 cm³/mol. The molecule has 2 aromatic rings. The van der Waals surface area contributed by atoms with Gasteiger partial charge in [-0.1, -0.05) is 13.0 Å². The summed E-state index contributed by atoms with van der Waals surface area (Å²) in [5.74, 6) is 4.20. The van der Waals surface area contributed by atoms with E-state index in [1.54, 1.807) is 0 Å². The maximum atomic E-state index is 5.93. The SMILES string of the molecule is CCOc1cccc2c1nc(CCCl)n2CC1CC1C. The Balaban J connectivity index is 2.04. The molecule has 2 unspecified atom stereocenters. The van der Waals surface area contributed by atoms with Gasteiger partial charge in [0, 0.05) is 18.8 Å². The van der Waals surface area contributed by atoms with E-state index < -0.39 is 0 Å². The van der Waals surface area contributed by atoms with E-state index in [1.165, 1.54) is 11.9 Å². The van der Waals surface area contributed by atoms with Crippen LogP contribution in [0.5, 0.6) is 5.75 Å². The molecule has 0 spiro atoms. The molecule has 1 aromatic carbocycles. The standard InChI is InChI=1S/C16H21ClN2O/c1-3-20-14-6-4-5-13-16(14)18-15(7-8-17)19(13)10-12-9-11(12)2/h4-6,11-12H,3,7-10H2,1-2H3. The third kappa shape index (κ3) is 2.51. The molecule has 3 nitrogen and oxygen atoms in total. The summed E-state index contributed by atoms with van der Waals surface area (Å²) in [6.45, 7) is 6.04. The van der Waals surface area contributed by atoms with Gasteiger partial charge in [-0.25, -0.2) is 4.98 Å². The van der Waals surface area contributed by atoms with Crippen molar-refractivity contribution in [1.82, 2.24) is 9.55 Å². The van der Waals surface area contributed by atoms with Crippen LogP contribution in [0.3, 0.4) is 0 Å². The number of rotatable bonds is 6. The van der Waals surface area contributed by atoms with Crippen LogP contribution in [0.15, 0.2) is 18.2 Å². The van der Waals surface area contributed by atoms with Gasteiger partial charge in [0.15, 0.2) is 0 Å². The number of benzene rings is 1.